The van der Waals surface area contributed by atoms with Gasteiger partial charge in [-0.2, -0.15) is 0 Å². The largest absolute Gasteiger partial charge is 0.303 e. The predicted octanol–water partition coefficient (Wildman–Crippen LogP) is 0.697. The van der Waals surface area contributed by atoms with E-state index >= 15 is 0 Å². The van der Waals surface area contributed by atoms with Crippen LogP contribution in [0, 0.1) is 0 Å². The van der Waals surface area contributed by atoms with Crippen molar-refractivity contribution in [1.82, 2.24) is 15.2 Å². The number of hydrazine groups is 1. The molecule has 0 amide bonds. The van der Waals surface area contributed by atoms with Crippen LogP contribution in [-0.2, 0) is 6.42 Å². The van der Waals surface area contributed by atoms with Crippen LogP contribution < -0.4 is 11.3 Å². The molecule has 1 aliphatic heterocycles. The summed E-state index contributed by atoms with van der Waals surface area (Å²) in [4.78, 5) is 4.81. The first-order valence-electron chi connectivity index (χ1n) is 7.09. The Morgan fingerprint density at radius 3 is 2.68 bits per heavy atom. The third-order valence-corrected chi connectivity index (χ3v) is 4.16. The molecule has 106 valence electrons. The third kappa shape index (κ3) is 4.01. The molecule has 1 saturated heterocycles. The Balaban J connectivity index is 1.92. The standard InChI is InChI=1S/C15H26N4/c1-18-10-11-19(2)15(12-18)14(17-16)9-8-13-6-4-3-5-7-13/h3-7,14-15,17H,8-12,16H2,1-2H3. The number of rotatable bonds is 5. The molecule has 4 nitrogen and oxygen atoms in total. The lowest BCUT2D eigenvalue weighted by molar-refractivity contribution is 0.0854. The van der Waals surface area contributed by atoms with E-state index in [9.17, 15) is 0 Å². The van der Waals surface area contributed by atoms with Gasteiger partial charge in [-0.3, -0.25) is 16.2 Å². The SMILES string of the molecule is CN1CCN(C)C(C(CCc2ccccc2)NN)C1. The van der Waals surface area contributed by atoms with Gasteiger partial charge < -0.3 is 4.90 Å². The number of nitrogens with one attached hydrogen (secondary N) is 1. The minimum absolute atomic E-state index is 0.341. The molecule has 4 heteroatoms. The normalized spacial score (nSPS) is 23.4. The molecule has 1 aliphatic rings. The van der Waals surface area contributed by atoms with E-state index in [1.54, 1.807) is 0 Å². The van der Waals surface area contributed by atoms with Crippen LogP contribution in [0.2, 0.25) is 0 Å². The van der Waals surface area contributed by atoms with Crippen LogP contribution in [0.4, 0.5) is 0 Å². The maximum atomic E-state index is 5.78. The van der Waals surface area contributed by atoms with Crippen LogP contribution in [0.1, 0.15) is 12.0 Å². The van der Waals surface area contributed by atoms with Gasteiger partial charge in [0.2, 0.25) is 0 Å². The highest BCUT2D eigenvalue weighted by Gasteiger charge is 2.28. The first-order valence-corrected chi connectivity index (χ1v) is 7.09. The molecule has 1 heterocycles. The molecule has 1 aromatic rings. The molecule has 0 spiro atoms. The maximum absolute atomic E-state index is 5.78. The zero-order valence-corrected chi connectivity index (χ0v) is 12.0. The molecular weight excluding hydrogens is 236 g/mol. The molecule has 0 bridgehead atoms. The fourth-order valence-corrected chi connectivity index (χ4v) is 2.83. The first kappa shape index (κ1) is 14.5. The number of nitrogens with zero attached hydrogens (tertiary/aromatic N) is 2. The Morgan fingerprint density at radius 1 is 1.26 bits per heavy atom. The molecule has 2 rings (SSSR count). The van der Waals surface area contributed by atoms with Crippen molar-refractivity contribution >= 4 is 0 Å². The van der Waals surface area contributed by atoms with E-state index in [0.717, 1.165) is 32.5 Å². The Labute approximate surface area is 116 Å². The molecule has 2 unspecified atom stereocenters. The topological polar surface area (TPSA) is 44.5 Å². The minimum atomic E-state index is 0.341. The van der Waals surface area contributed by atoms with E-state index in [0.29, 0.717) is 12.1 Å². The third-order valence-electron chi connectivity index (χ3n) is 4.16. The summed E-state index contributed by atoms with van der Waals surface area (Å²) in [5.74, 6) is 5.78. The molecular formula is C15H26N4. The smallest absolute Gasteiger partial charge is 0.0387 e. The monoisotopic (exact) mass is 262 g/mol. The van der Waals surface area contributed by atoms with Crippen molar-refractivity contribution < 1.29 is 0 Å². The summed E-state index contributed by atoms with van der Waals surface area (Å²) in [6.45, 7) is 3.34. The number of piperazine rings is 1. The van der Waals surface area contributed by atoms with Gasteiger partial charge in [0.25, 0.3) is 0 Å². The molecule has 19 heavy (non-hydrogen) atoms. The zero-order chi connectivity index (χ0) is 13.7. The lowest BCUT2D eigenvalue weighted by Gasteiger charge is -2.41. The van der Waals surface area contributed by atoms with Gasteiger partial charge in [-0.05, 0) is 32.5 Å². The fraction of sp³-hybridized carbons (Fsp3) is 0.600. The predicted molar refractivity (Wildman–Crippen MR) is 79.8 cm³/mol. The van der Waals surface area contributed by atoms with Gasteiger partial charge in [0.1, 0.15) is 0 Å². The zero-order valence-electron chi connectivity index (χ0n) is 12.0. The summed E-state index contributed by atoms with van der Waals surface area (Å²) in [5, 5.41) is 0. The second kappa shape index (κ2) is 7.01. The summed E-state index contributed by atoms with van der Waals surface area (Å²) in [6, 6.07) is 11.5. The van der Waals surface area contributed by atoms with Crippen molar-refractivity contribution in [1.29, 1.82) is 0 Å². The van der Waals surface area contributed by atoms with Crippen molar-refractivity contribution in [2.75, 3.05) is 33.7 Å². The van der Waals surface area contributed by atoms with E-state index < -0.39 is 0 Å². The number of nitrogens with two attached hydrogens (primary N) is 1. The molecule has 3 N–H and O–H groups in total. The van der Waals surface area contributed by atoms with E-state index in [1.165, 1.54) is 5.56 Å². The summed E-state index contributed by atoms with van der Waals surface area (Å²) < 4.78 is 0. The Kier molecular flexibility index (Phi) is 5.34. The first-order chi connectivity index (χ1) is 9.20. The van der Waals surface area contributed by atoms with E-state index in [2.05, 4.69) is 59.7 Å². The molecule has 0 aromatic heterocycles. The highest BCUT2D eigenvalue weighted by atomic mass is 15.3. The molecule has 0 saturated carbocycles. The number of hydrogen-bond acceptors (Lipinski definition) is 4. The fourth-order valence-electron chi connectivity index (χ4n) is 2.83. The van der Waals surface area contributed by atoms with Crippen LogP contribution in [0.15, 0.2) is 30.3 Å². The van der Waals surface area contributed by atoms with Crippen LogP contribution in [0.3, 0.4) is 0 Å². The molecule has 0 radical (unpaired) electrons. The number of likely N-dealkylation sites (N-methyl/N-ethyl adjacent to an activating group) is 2. The summed E-state index contributed by atoms with van der Waals surface area (Å²) in [7, 11) is 4.38. The highest BCUT2D eigenvalue weighted by Crippen LogP contribution is 2.14. The van der Waals surface area contributed by atoms with Crippen LogP contribution in [-0.4, -0.2) is 55.6 Å². The summed E-state index contributed by atoms with van der Waals surface area (Å²) in [6.07, 6.45) is 2.15. The summed E-state index contributed by atoms with van der Waals surface area (Å²) in [5.41, 5.74) is 4.41. The molecule has 0 aliphatic carbocycles. The van der Waals surface area contributed by atoms with Gasteiger partial charge in [0.15, 0.2) is 0 Å². The van der Waals surface area contributed by atoms with Gasteiger partial charge in [-0.1, -0.05) is 30.3 Å². The molecule has 1 aromatic carbocycles. The maximum Gasteiger partial charge on any atom is 0.0387 e. The van der Waals surface area contributed by atoms with E-state index in [1.807, 2.05) is 0 Å². The quantitative estimate of drug-likeness (QED) is 0.605. The Hall–Kier alpha value is -0.940. The van der Waals surface area contributed by atoms with Gasteiger partial charge in [-0.25, -0.2) is 0 Å². The van der Waals surface area contributed by atoms with Crippen molar-refractivity contribution in [2.45, 2.75) is 24.9 Å². The van der Waals surface area contributed by atoms with Gasteiger partial charge in [-0.15, -0.1) is 0 Å². The molecule has 1 fully saturated rings. The van der Waals surface area contributed by atoms with E-state index in [4.69, 9.17) is 5.84 Å². The number of hydrogen-bond donors (Lipinski definition) is 2. The Bertz CT molecular complexity index is 368. The minimum Gasteiger partial charge on any atom is -0.303 e. The number of benzene rings is 1. The average molecular weight is 262 g/mol. The second-order valence-electron chi connectivity index (χ2n) is 5.61. The second-order valence-corrected chi connectivity index (χ2v) is 5.61. The van der Waals surface area contributed by atoms with Crippen molar-refractivity contribution in [3.05, 3.63) is 35.9 Å². The van der Waals surface area contributed by atoms with Crippen LogP contribution in [0.25, 0.3) is 0 Å². The van der Waals surface area contributed by atoms with Crippen molar-refractivity contribution in [3.8, 4) is 0 Å². The van der Waals surface area contributed by atoms with E-state index in [-0.39, 0.29) is 0 Å². The van der Waals surface area contributed by atoms with Gasteiger partial charge in [0, 0.05) is 31.7 Å². The van der Waals surface area contributed by atoms with Crippen molar-refractivity contribution in [2.24, 2.45) is 5.84 Å². The van der Waals surface area contributed by atoms with Gasteiger partial charge >= 0.3 is 0 Å². The molecule has 2 atom stereocenters. The highest BCUT2D eigenvalue weighted by molar-refractivity contribution is 5.15. The summed E-state index contributed by atoms with van der Waals surface area (Å²) >= 11 is 0. The number of aryl methyl sites for hydroxylation is 1. The van der Waals surface area contributed by atoms with Gasteiger partial charge in [0.05, 0.1) is 0 Å². The lowest BCUT2D eigenvalue weighted by atomic mass is 9.97. The lowest BCUT2D eigenvalue weighted by Crippen LogP contribution is -2.60. The van der Waals surface area contributed by atoms with Crippen LogP contribution in [0.5, 0.6) is 0 Å². The van der Waals surface area contributed by atoms with Crippen molar-refractivity contribution in [3.63, 3.8) is 0 Å². The Morgan fingerprint density at radius 2 is 2.00 bits per heavy atom. The van der Waals surface area contributed by atoms with Crippen LogP contribution >= 0.6 is 0 Å². The average Bonchev–Trinajstić information content (AvgIpc) is 2.44.